The van der Waals surface area contributed by atoms with Crippen LogP contribution in [0.15, 0.2) is 30.3 Å². The lowest BCUT2D eigenvalue weighted by atomic mass is 9.92. The Balaban J connectivity index is 1.32. The Morgan fingerprint density at radius 3 is 2.19 bits per heavy atom. The number of likely N-dealkylation sites (tertiary alicyclic amines) is 1. The maximum absolute atomic E-state index is 6.08. The quantitative estimate of drug-likeness (QED) is 0.713. The van der Waals surface area contributed by atoms with Crippen LogP contribution in [-0.4, -0.2) is 40.3 Å². The Kier molecular flexibility index (Phi) is 6.16. The van der Waals surface area contributed by atoms with Gasteiger partial charge in [0.15, 0.2) is 0 Å². The number of hydrogen-bond donors (Lipinski definition) is 1. The molecule has 2 fully saturated rings. The highest BCUT2D eigenvalue weighted by Gasteiger charge is 2.26. The smallest absolute Gasteiger partial charge is 0.148 e. The number of piperidine rings is 1. The van der Waals surface area contributed by atoms with Crippen LogP contribution >= 0.6 is 23.2 Å². The van der Waals surface area contributed by atoms with Crippen LogP contribution in [0.3, 0.4) is 0 Å². The van der Waals surface area contributed by atoms with Crippen molar-refractivity contribution in [3.63, 3.8) is 0 Å². The van der Waals surface area contributed by atoms with Gasteiger partial charge >= 0.3 is 0 Å². The average Bonchev–Trinajstić information content (AvgIpc) is 2.69. The number of benzene rings is 1. The topological polar surface area (TPSA) is 41.0 Å². The summed E-state index contributed by atoms with van der Waals surface area (Å²) in [6, 6.07) is 10.7. The first kappa shape index (κ1) is 19.0. The molecule has 1 saturated heterocycles. The van der Waals surface area contributed by atoms with E-state index in [1.807, 2.05) is 24.3 Å². The van der Waals surface area contributed by atoms with Gasteiger partial charge in [0.05, 0.1) is 5.69 Å². The molecule has 2 aromatic rings. The normalized spacial score (nSPS) is 19.9. The predicted octanol–water partition coefficient (Wildman–Crippen LogP) is 5.66. The Morgan fingerprint density at radius 1 is 0.852 bits per heavy atom. The molecule has 1 saturated carbocycles. The third-order valence-corrected chi connectivity index (χ3v) is 6.23. The zero-order valence-corrected chi connectivity index (χ0v) is 17.0. The van der Waals surface area contributed by atoms with Gasteiger partial charge in [0, 0.05) is 40.8 Å². The zero-order chi connectivity index (χ0) is 18.6. The van der Waals surface area contributed by atoms with Crippen molar-refractivity contribution in [3.8, 4) is 11.3 Å². The molecular formula is C21H26Cl2N4. The lowest BCUT2D eigenvalue weighted by molar-refractivity contribution is 0.126. The van der Waals surface area contributed by atoms with E-state index < -0.39 is 0 Å². The Morgan fingerprint density at radius 2 is 1.56 bits per heavy atom. The molecule has 1 aliphatic heterocycles. The average molecular weight is 405 g/mol. The van der Waals surface area contributed by atoms with E-state index in [1.165, 1.54) is 58.0 Å². The Hall–Kier alpha value is -1.36. The Bertz CT molecular complexity index is 731. The minimum absolute atomic E-state index is 0.477. The van der Waals surface area contributed by atoms with Crippen molar-refractivity contribution in [3.05, 3.63) is 40.4 Å². The van der Waals surface area contributed by atoms with Gasteiger partial charge in [-0.25, -0.2) is 0 Å². The lowest BCUT2D eigenvalue weighted by Gasteiger charge is -2.39. The lowest BCUT2D eigenvalue weighted by Crippen LogP contribution is -2.45. The van der Waals surface area contributed by atoms with Crippen molar-refractivity contribution in [2.24, 2.45) is 0 Å². The molecule has 1 aliphatic carbocycles. The fraction of sp³-hybridized carbons (Fsp3) is 0.524. The molecule has 0 spiro atoms. The van der Waals surface area contributed by atoms with Crippen LogP contribution < -0.4 is 5.32 Å². The first-order chi connectivity index (χ1) is 13.2. The molecule has 4 nitrogen and oxygen atoms in total. The summed E-state index contributed by atoms with van der Waals surface area (Å²) in [5, 5.41) is 13.5. The number of halogens is 2. The molecule has 0 amide bonds. The number of rotatable bonds is 4. The van der Waals surface area contributed by atoms with Crippen molar-refractivity contribution in [1.82, 2.24) is 15.1 Å². The molecular weight excluding hydrogens is 379 g/mol. The third-order valence-electron chi connectivity index (χ3n) is 5.80. The van der Waals surface area contributed by atoms with Crippen molar-refractivity contribution in [2.45, 2.75) is 57.0 Å². The zero-order valence-electron chi connectivity index (χ0n) is 15.5. The van der Waals surface area contributed by atoms with E-state index in [0.717, 1.165) is 23.1 Å². The highest BCUT2D eigenvalue weighted by Crippen LogP contribution is 2.27. The molecule has 144 valence electrons. The maximum atomic E-state index is 6.08. The van der Waals surface area contributed by atoms with Gasteiger partial charge in [0.25, 0.3) is 0 Å². The van der Waals surface area contributed by atoms with Crippen LogP contribution in [0.1, 0.15) is 44.9 Å². The summed E-state index contributed by atoms with van der Waals surface area (Å²) in [4.78, 5) is 2.70. The van der Waals surface area contributed by atoms with E-state index in [0.29, 0.717) is 16.1 Å². The minimum atomic E-state index is 0.477. The van der Waals surface area contributed by atoms with Crippen molar-refractivity contribution >= 4 is 29.0 Å². The summed E-state index contributed by atoms with van der Waals surface area (Å²) in [7, 11) is 0. The van der Waals surface area contributed by atoms with Crippen molar-refractivity contribution < 1.29 is 0 Å². The van der Waals surface area contributed by atoms with Gasteiger partial charge in [0.1, 0.15) is 5.82 Å². The van der Waals surface area contributed by atoms with Gasteiger partial charge in [-0.05, 0) is 56.0 Å². The highest BCUT2D eigenvalue weighted by molar-refractivity contribution is 6.35. The molecule has 2 aliphatic rings. The van der Waals surface area contributed by atoms with E-state index in [-0.39, 0.29) is 0 Å². The van der Waals surface area contributed by atoms with Gasteiger partial charge in [-0.1, -0.05) is 42.5 Å². The highest BCUT2D eigenvalue weighted by atomic mass is 35.5. The van der Waals surface area contributed by atoms with E-state index >= 15 is 0 Å². The van der Waals surface area contributed by atoms with Crippen LogP contribution in [0.2, 0.25) is 10.0 Å². The molecule has 1 aromatic carbocycles. The van der Waals surface area contributed by atoms with Crippen LogP contribution in [0.4, 0.5) is 5.82 Å². The summed E-state index contributed by atoms with van der Waals surface area (Å²) < 4.78 is 0. The van der Waals surface area contributed by atoms with Crippen LogP contribution in [0, 0.1) is 0 Å². The fourth-order valence-electron chi connectivity index (χ4n) is 4.33. The van der Waals surface area contributed by atoms with E-state index in [4.69, 9.17) is 23.2 Å². The van der Waals surface area contributed by atoms with Crippen molar-refractivity contribution in [1.29, 1.82) is 0 Å². The van der Waals surface area contributed by atoms with E-state index in [2.05, 4.69) is 20.4 Å². The van der Waals surface area contributed by atoms with Gasteiger partial charge in [0.2, 0.25) is 0 Å². The number of nitrogens with zero attached hydrogens (tertiary/aromatic N) is 3. The second-order valence-corrected chi connectivity index (χ2v) is 8.58. The first-order valence-corrected chi connectivity index (χ1v) is 10.7. The summed E-state index contributed by atoms with van der Waals surface area (Å²) in [5.74, 6) is 0.836. The minimum Gasteiger partial charge on any atom is -0.366 e. The Labute approximate surface area is 171 Å². The summed E-state index contributed by atoms with van der Waals surface area (Å²) in [5.41, 5.74) is 1.66. The number of anilines is 1. The molecule has 0 atom stereocenters. The van der Waals surface area contributed by atoms with Gasteiger partial charge in [-0.15, -0.1) is 10.2 Å². The molecule has 2 heterocycles. The molecule has 1 aromatic heterocycles. The van der Waals surface area contributed by atoms with Crippen molar-refractivity contribution in [2.75, 3.05) is 18.4 Å². The molecule has 27 heavy (non-hydrogen) atoms. The van der Waals surface area contributed by atoms with Crippen LogP contribution in [-0.2, 0) is 0 Å². The molecule has 4 rings (SSSR count). The van der Waals surface area contributed by atoms with E-state index in [1.54, 1.807) is 6.07 Å². The number of nitrogens with one attached hydrogen (secondary N) is 1. The second-order valence-electron chi connectivity index (χ2n) is 7.71. The van der Waals surface area contributed by atoms with E-state index in [9.17, 15) is 0 Å². The van der Waals surface area contributed by atoms with Gasteiger partial charge in [-0.2, -0.15) is 0 Å². The van der Waals surface area contributed by atoms with Crippen LogP contribution in [0.25, 0.3) is 11.3 Å². The molecule has 0 unspecified atom stereocenters. The molecule has 1 N–H and O–H groups in total. The summed E-state index contributed by atoms with van der Waals surface area (Å²) in [6.45, 7) is 2.38. The molecule has 0 bridgehead atoms. The second kappa shape index (κ2) is 8.76. The fourth-order valence-corrected chi connectivity index (χ4v) is 4.86. The largest absolute Gasteiger partial charge is 0.366 e. The maximum Gasteiger partial charge on any atom is 0.148 e. The SMILES string of the molecule is Clc1cc(Cl)cc(-c2ccc(NC3CCN(C4CCCCC4)CC3)nn2)c1. The van der Waals surface area contributed by atoms with Gasteiger partial charge < -0.3 is 10.2 Å². The van der Waals surface area contributed by atoms with Crippen LogP contribution in [0.5, 0.6) is 0 Å². The van der Waals surface area contributed by atoms with Gasteiger partial charge in [-0.3, -0.25) is 0 Å². The summed E-state index contributed by atoms with van der Waals surface area (Å²) in [6.07, 6.45) is 9.35. The standard InChI is InChI=1S/C21H26Cl2N4/c22-16-12-15(13-17(23)14-16)20-6-7-21(26-25-20)24-18-8-10-27(11-9-18)19-4-2-1-3-5-19/h6-7,12-14,18-19H,1-5,8-11H2,(H,24,26). The predicted molar refractivity (Wildman–Crippen MR) is 113 cm³/mol. The first-order valence-electron chi connectivity index (χ1n) is 9.98. The summed E-state index contributed by atoms with van der Waals surface area (Å²) >= 11 is 12.2. The number of aromatic nitrogens is 2. The third kappa shape index (κ3) is 4.92. The molecule has 0 radical (unpaired) electrons. The number of hydrogen-bond acceptors (Lipinski definition) is 4. The monoisotopic (exact) mass is 404 g/mol. The molecule has 6 heteroatoms.